The lowest BCUT2D eigenvalue weighted by atomic mass is 10.1. The van der Waals surface area contributed by atoms with Gasteiger partial charge in [-0.3, -0.25) is 0 Å². The maximum atomic E-state index is 11.5. The van der Waals surface area contributed by atoms with Crippen LogP contribution < -0.4 is 5.32 Å². The van der Waals surface area contributed by atoms with Crippen molar-refractivity contribution in [1.82, 2.24) is 0 Å². The lowest BCUT2D eigenvalue weighted by Gasteiger charge is -2.18. The van der Waals surface area contributed by atoms with E-state index in [1.54, 1.807) is 42.5 Å². The molecule has 2 N–H and O–H groups in total. The van der Waals surface area contributed by atoms with Gasteiger partial charge >= 0.3 is 5.97 Å². The molecule has 0 aromatic heterocycles. The van der Waals surface area contributed by atoms with Gasteiger partial charge in [-0.25, -0.2) is 4.79 Å². The summed E-state index contributed by atoms with van der Waals surface area (Å²) in [4.78, 5) is 11.5. The van der Waals surface area contributed by atoms with Crippen LogP contribution >= 0.6 is 39.1 Å². The highest BCUT2D eigenvalue weighted by Crippen LogP contribution is 2.29. The second kappa shape index (κ2) is 6.48. The Morgan fingerprint density at radius 2 is 1.70 bits per heavy atom. The minimum Gasteiger partial charge on any atom is -0.479 e. The van der Waals surface area contributed by atoms with Crippen LogP contribution in [0.15, 0.2) is 46.9 Å². The maximum absolute atomic E-state index is 11.5. The van der Waals surface area contributed by atoms with Gasteiger partial charge < -0.3 is 10.4 Å². The van der Waals surface area contributed by atoms with Crippen LogP contribution in [0.4, 0.5) is 5.69 Å². The quantitative estimate of drug-likeness (QED) is 0.792. The van der Waals surface area contributed by atoms with Crippen LogP contribution in [0.5, 0.6) is 0 Å². The van der Waals surface area contributed by atoms with Crippen molar-refractivity contribution >= 4 is 50.8 Å². The van der Waals surface area contributed by atoms with Gasteiger partial charge in [0.15, 0.2) is 6.04 Å². The lowest BCUT2D eigenvalue weighted by molar-refractivity contribution is -0.138. The number of hydrogen-bond donors (Lipinski definition) is 2. The molecule has 0 aliphatic heterocycles. The molecule has 2 rings (SSSR count). The van der Waals surface area contributed by atoms with E-state index in [-0.39, 0.29) is 0 Å². The molecule has 0 saturated heterocycles. The van der Waals surface area contributed by atoms with Gasteiger partial charge in [-0.2, -0.15) is 0 Å². The normalized spacial score (nSPS) is 11.9. The fourth-order valence-electron chi connectivity index (χ4n) is 1.72. The molecule has 0 aliphatic carbocycles. The number of benzene rings is 2. The minimum atomic E-state index is -0.997. The van der Waals surface area contributed by atoms with E-state index >= 15 is 0 Å². The van der Waals surface area contributed by atoms with Gasteiger partial charge in [-0.1, -0.05) is 39.1 Å². The standard InChI is InChI=1S/C14H10BrCl2NO2/c15-12-6-3-9(17)7-11(12)13(14(19)20)18-10-4-1-8(16)2-5-10/h1-7,13,18H,(H,19,20). The first kappa shape index (κ1) is 15.2. The van der Waals surface area contributed by atoms with Crippen LogP contribution in [-0.4, -0.2) is 11.1 Å². The third kappa shape index (κ3) is 3.66. The smallest absolute Gasteiger partial charge is 0.330 e. The van der Waals surface area contributed by atoms with Gasteiger partial charge in [0.25, 0.3) is 0 Å². The zero-order chi connectivity index (χ0) is 14.7. The van der Waals surface area contributed by atoms with E-state index in [9.17, 15) is 9.90 Å². The summed E-state index contributed by atoms with van der Waals surface area (Å²) in [6.45, 7) is 0. The molecule has 1 unspecified atom stereocenters. The Labute approximate surface area is 134 Å². The number of halogens is 3. The third-order valence-electron chi connectivity index (χ3n) is 2.67. The fraction of sp³-hybridized carbons (Fsp3) is 0.0714. The number of aliphatic carboxylic acids is 1. The molecular formula is C14H10BrCl2NO2. The topological polar surface area (TPSA) is 49.3 Å². The van der Waals surface area contributed by atoms with E-state index in [1.165, 1.54) is 0 Å². The van der Waals surface area contributed by atoms with E-state index in [1.807, 2.05) is 0 Å². The lowest BCUT2D eigenvalue weighted by Crippen LogP contribution is -2.21. The highest BCUT2D eigenvalue weighted by Gasteiger charge is 2.22. The molecule has 0 bridgehead atoms. The van der Waals surface area contributed by atoms with Gasteiger partial charge in [-0.15, -0.1) is 0 Å². The number of carboxylic acid groups (broad SMARTS) is 1. The van der Waals surface area contributed by atoms with Crippen LogP contribution in [0, 0.1) is 0 Å². The van der Waals surface area contributed by atoms with Crippen molar-refractivity contribution in [2.75, 3.05) is 5.32 Å². The molecule has 6 heteroatoms. The summed E-state index contributed by atoms with van der Waals surface area (Å²) in [7, 11) is 0. The van der Waals surface area contributed by atoms with Crippen molar-refractivity contribution < 1.29 is 9.90 Å². The Hall–Kier alpha value is -1.23. The van der Waals surface area contributed by atoms with Gasteiger partial charge in [0.1, 0.15) is 0 Å². The first-order valence-corrected chi connectivity index (χ1v) is 7.22. The molecule has 0 radical (unpaired) electrons. The summed E-state index contributed by atoms with van der Waals surface area (Å²) < 4.78 is 0.677. The Morgan fingerprint density at radius 3 is 2.30 bits per heavy atom. The predicted octanol–water partition coefficient (Wildman–Crippen LogP) is 4.99. The van der Waals surface area contributed by atoms with Crippen molar-refractivity contribution in [2.45, 2.75) is 6.04 Å². The molecule has 20 heavy (non-hydrogen) atoms. The molecule has 0 amide bonds. The highest BCUT2D eigenvalue weighted by atomic mass is 79.9. The van der Waals surface area contributed by atoms with Crippen LogP contribution in [0.3, 0.4) is 0 Å². The van der Waals surface area contributed by atoms with Crippen LogP contribution in [-0.2, 0) is 4.79 Å². The van der Waals surface area contributed by atoms with E-state index in [0.717, 1.165) is 0 Å². The van der Waals surface area contributed by atoms with Crippen molar-refractivity contribution in [3.63, 3.8) is 0 Å². The van der Waals surface area contributed by atoms with Gasteiger partial charge in [0, 0.05) is 25.8 Å². The number of nitrogens with one attached hydrogen (secondary N) is 1. The Morgan fingerprint density at radius 1 is 1.10 bits per heavy atom. The van der Waals surface area contributed by atoms with E-state index in [4.69, 9.17) is 23.2 Å². The Kier molecular flexibility index (Phi) is 4.91. The van der Waals surface area contributed by atoms with Crippen molar-refractivity contribution in [2.24, 2.45) is 0 Å². The molecule has 0 fully saturated rings. The minimum absolute atomic E-state index is 0.479. The summed E-state index contributed by atoms with van der Waals surface area (Å²) in [5.41, 5.74) is 1.22. The Bertz CT molecular complexity index is 632. The number of rotatable bonds is 4. The summed E-state index contributed by atoms with van der Waals surface area (Å²) in [5, 5.41) is 13.4. The molecule has 0 aliphatic rings. The second-order valence-electron chi connectivity index (χ2n) is 4.09. The number of anilines is 1. The Balaban J connectivity index is 2.34. The van der Waals surface area contributed by atoms with E-state index in [2.05, 4.69) is 21.2 Å². The first-order chi connectivity index (χ1) is 9.47. The average Bonchev–Trinajstić information content (AvgIpc) is 2.41. The number of carboxylic acids is 1. The maximum Gasteiger partial charge on any atom is 0.330 e. The second-order valence-corrected chi connectivity index (χ2v) is 5.82. The third-order valence-corrected chi connectivity index (χ3v) is 3.88. The largest absolute Gasteiger partial charge is 0.479 e. The summed E-state index contributed by atoms with van der Waals surface area (Å²) >= 11 is 15.1. The van der Waals surface area contributed by atoms with E-state index in [0.29, 0.717) is 25.8 Å². The molecule has 104 valence electrons. The summed E-state index contributed by atoms with van der Waals surface area (Å²) in [5.74, 6) is -0.997. The van der Waals surface area contributed by atoms with Gasteiger partial charge in [0.2, 0.25) is 0 Å². The van der Waals surface area contributed by atoms with Crippen LogP contribution in [0.25, 0.3) is 0 Å². The van der Waals surface area contributed by atoms with Crippen molar-refractivity contribution in [1.29, 1.82) is 0 Å². The SMILES string of the molecule is O=C(O)C(Nc1ccc(Cl)cc1)c1cc(Cl)ccc1Br. The molecule has 0 spiro atoms. The van der Waals surface area contributed by atoms with E-state index < -0.39 is 12.0 Å². The summed E-state index contributed by atoms with van der Waals surface area (Å²) in [6.07, 6.45) is 0. The summed E-state index contributed by atoms with van der Waals surface area (Å²) in [6, 6.07) is 10.9. The number of carbonyl (C=O) groups is 1. The number of hydrogen-bond acceptors (Lipinski definition) is 2. The molecule has 0 saturated carbocycles. The molecule has 2 aromatic rings. The zero-order valence-corrected chi connectivity index (χ0v) is 13.2. The average molecular weight is 375 g/mol. The zero-order valence-electron chi connectivity index (χ0n) is 10.1. The molecule has 3 nitrogen and oxygen atoms in total. The van der Waals surface area contributed by atoms with Crippen molar-refractivity contribution in [3.05, 3.63) is 62.5 Å². The molecule has 0 heterocycles. The van der Waals surface area contributed by atoms with Gasteiger partial charge in [0.05, 0.1) is 0 Å². The molecular weight excluding hydrogens is 365 g/mol. The highest BCUT2D eigenvalue weighted by molar-refractivity contribution is 9.10. The van der Waals surface area contributed by atoms with Crippen LogP contribution in [0.2, 0.25) is 10.0 Å². The fourth-order valence-corrected chi connectivity index (χ4v) is 2.50. The first-order valence-electron chi connectivity index (χ1n) is 5.67. The predicted molar refractivity (Wildman–Crippen MR) is 84.6 cm³/mol. The van der Waals surface area contributed by atoms with Crippen molar-refractivity contribution in [3.8, 4) is 0 Å². The van der Waals surface area contributed by atoms with Gasteiger partial charge in [-0.05, 0) is 42.5 Å². The monoisotopic (exact) mass is 373 g/mol. The van der Waals surface area contributed by atoms with Crippen LogP contribution in [0.1, 0.15) is 11.6 Å². The molecule has 1 atom stereocenters. The molecule has 2 aromatic carbocycles.